The van der Waals surface area contributed by atoms with Gasteiger partial charge in [-0.2, -0.15) is 13.1 Å². The Hall–Kier alpha value is -3.40. The smallest absolute Gasteiger partial charge is 0.301 e. The first-order valence-electron chi connectivity index (χ1n) is 9.83. The van der Waals surface area contributed by atoms with Crippen LogP contribution in [0.15, 0.2) is 67.0 Å². The summed E-state index contributed by atoms with van der Waals surface area (Å²) in [7, 11) is -3.51. The van der Waals surface area contributed by atoms with E-state index < -0.39 is 10.2 Å². The number of benzene rings is 2. The quantitative estimate of drug-likeness (QED) is 0.424. The van der Waals surface area contributed by atoms with Crippen LogP contribution < -0.4 is 14.3 Å². The van der Waals surface area contributed by atoms with E-state index in [2.05, 4.69) is 20.0 Å². The molecule has 1 amide bonds. The number of aromatic amines is 1. The summed E-state index contributed by atoms with van der Waals surface area (Å²) in [5.74, 6) is -0.321. The number of nitrogens with one attached hydrogen (secondary N) is 3. The molecule has 0 unspecified atom stereocenters. The topological polar surface area (TPSA) is 107 Å². The second kappa shape index (κ2) is 7.94. The standard InChI is InChI=1S/C22H18ClN5O3S/c23-19-6-3-16(13-18(19)21-20-14(7-9-24-20)8-10-25-21)27-22(29)15-1-4-17(5-2-15)28-12-11-26-32(28,30)31/h1-10,13,24,26H,11-12H2,(H,27,29). The number of carbonyl (C=O) groups is 1. The van der Waals surface area contributed by atoms with E-state index in [1.807, 2.05) is 18.3 Å². The van der Waals surface area contributed by atoms with Gasteiger partial charge in [0.1, 0.15) is 0 Å². The summed E-state index contributed by atoms with van der Waals surface area (Å²) >= 11 is 6.43. The molecule has 1 fully saturated rings. The fourth-order valence-electron chi connectivity index (χ4n) is 3.70. The Morgan fingerprint density at radius 1 is 1.09 bits per heavy atom. The summed E-state index contributed by atoms with van der Waals surface area (Å²) in [4.78, 5) is 20.4. The van der Waals surface area contributed by atoms with Crippen LogP contribution in [-0.2, 0) is 10.2 Å². The van der Waals surface area contributed by atoms with Crippen LogP contribution in [0.5, 0.6) is 0 Å². The number of aromatic nitrogens is 2. The normalized spacial score (nSPS) is 15.2. The molecule has 32 heavy (non-hydrogen) atoms. The third-order valence-corrected chi connectivity index (χ3v) is 7.13. The van der Waals surface area contributed by atoms with Crippen molar-refractivity contribution in [3.8, 4) is 11.3 Å². The van der Waals surface area contributed by atoms with Crippen molar-refractivity contribution in [3.05, 3.63) is 77.6 Å². The molecule has 1 aliphatic rings. The van der Waals surface area contributed by atoms with Gasteiger partial charge in [0.2, 0.25) is 0 Å². The Balaban J connectivity index is 1.39. The number of anilines is 2. The summed E-state index contributed by atoms with van der Waals surface area (Å²) in [5.41, 5.74) is 3.72. The molecule has 162 valence electrons. The lowest BCUT2D eigenvalue weighted by Gasteiger charge is -2.16. The molecule has 10 heteroatoms. The minimum atomic E-state index is -3.51. The molecule has 3 N–H and O–H groups in total. The number of H-pyrrole nitrogens is 1. The summed E-state index contributed by atoms with van der Waals surface area (Å²) in [6.45, 7) is 0.706. The molecule has 2 aromatic carbocycles. The van der Waals surface area contributed by atoms with Crippen molar-refractivity contribution >= 4 is 50.0 Å². The molecule has 4 aromatic rings. The molecule has 0 aliphatic carbocycles. The minimum absolute atomic E-state index is 0.321. The van der Waals surface area contributed by atoms with Crippen molar-refractivity contribution in [3.63, 3.8) is 0 Å². The van der Waals surface area contributed by atoms with Crippen molar-refractivity contribution < 1.29 is 13.2 Å². The maximum Gasteiger partial charge on any atom is 0.301 e. The van der Waals surface area contributed by atoms with Gasteiger partial charge in [0.25, 0.3) is 5.91 Å². The zero-order valence-electron chi connectivity index (χ0n) is 16.7. The van der Waals surface area contributed by atoms with Crippen molar-refractivity contribution in [2.45, 2.75) is 0 Å². The van der Waals surface area contributed by atoms with Crippen LogP contribution in [0.3, 0.4) is 0 Å². The number of hydrogen-bond donors (Lipinski definition) is 3. The highest BCUT2D eigenvalue weighted by Gasteiger charge is 2.27. The van der Waals surface area contributed by atoms with Crippen molar-refractivity contribution in [1.82, 2.24) is 14.7 Å². The van der Waals surface area contributed by atoms with E-state index in [4.69, 9.17) is 11.6 Å². The lowest BCUT2D eigenvalue weighted by atomic mass is 10.1. The lowest BCUT2D eigenvalue weighted by Crippen LogP contribution is -2.29. The summed E-state index contributed by atoms with van der Waals surface area (Å²) in [6.07, 6.45) is 3.55. The maximum atomic E-state index is 12.8. The number of hydrogen-bond acceptors (Lipinski definition) is 4. The van der Waals surface area contributed by atoms with Crippen LogP contribution in [-0.4, -0.2) is 37.4 Å². The van der Waals surface area contributed by atoms with Gasteiger partial charge < -0.3 is 10.3 Å². The van der Waals surface area contributed by atoms with E-state index >= 15 is 0 Å². The highest BCUT2D eigenvalue weighted by atomic mass is 35.5. The molecule has 0 radical (unpaired) electrons. The van der Waals surface area contributed by atoms with E-state index in [-0.39, 0.29) is 5.91 Å². The van der Waals surface area contributed by atoms with Gasteiger partial charge in [-0.1, -0.05) is 11.6 Å². The van der Waals surface area contributed by atoms with Gasteiger partial charge in [-0.15, -0.1) is 0 Å². The van der Waals surface area contributed by atoms with E-state index in [1.165, 1.54) is 4.31 Å². The van der Waals surface area contributed by atoms with Gasteiger partial charge in [-0.3, -0.25) is 14.1 Å². The van der Waals surface area contributed by atoms with Gasteiger partial charge in [0.15, 0.2) is 0 Å². The van der Waals surface area contributed by atoms with Crippen LogP contribution in [0.2, 0.25) is 5.02 Å². The highest BCUT2D eigenvalue weighted by molar-refractivity contribution is 7.91. The summed E-state index contributed by atoms with van der Waals surface area (Å²) in [6, 6.07) is 15.5. The third kappa shape index (κ3) is 3.70. The first-order chi connectivity index (χ1) is 15.4. The first-order valence-corrected chi connectivity index (χ1v) is 11.6. The van der Waals surface area contributed by atoms with Crippen LogP contribution in [0.4, 0.5) is 11.4 Å². The van der Waals surface area contributed by atoms with Crippen LogP contribution in [0, 0.1) is 0 Å². The predicted octanol–water partition coefficient (Wildman–Crippen LogP) is 3.79. The lowest BCUT2D eigenvalue weighted by molar-refractivity contribution is 0.102. The van der Waals surface area contributed by atoms with Crippen molar-refractivity contribution in [2.24, 2.45) is 0 Å². The van der Waals surface area contributed by atoms with Gasteiger partial charge in [-0.25, -0.2) is 0 Å². The van der Waals surface area contributed by atoms with Gasteiger partial charge in [0, 0.05) is 47.7 Å². The summed E-state index contributed by atoms with van der Waals surface area (Å²) < 4.78 is 27.7. The second-order valence-corrected chi connectivity index (χ2v) is 9.36. The Morgan fingerprint density at radius 3 is 2.66 bits per heavy atom. The monoisotopic (exact) mass is 467 g/mol. The fourth-order valence-corrected chi connectivity index (χ4v) is 5.14. The van der Waals surface area contributed by atoms with Gasteiger partial charge >= 0.3 is 10.2 Å². The zero-order chi connectivity index (χ0) is 22.3. The SMILES string of the molecule is O=C(Nc1ccc(Cl)c(-c2nccc3cc[nH]c23)c1)c1ccc(N2CCNS2(=O)=O)cc1. The number of fused-ring (bicyclic) bond motifs is 1. The average Bonchev–Trinajstić information content (AvgIpc) is 3.41. The number of halogens is 1. The molecule has 0 atom stereocenters. The molecule has 1 saturated heterocycles. The van der Waals surface area contributed by atoms with E-state index in [0.717, 1.165) is 10.9 Å². The molecular formula is C22H18ClN5O3S. The van der Waals surface area contributed by atoms with Crippen molar-refractivity contribution in [2.75, 3.05) is 22.7 Å². The predicted molar refractivity (Wildman–Crippen MR) is 125 cm³/mol. The van der Waals surface area contributed by atoms with E-state index in [0.29, 0.717) is 46.3 Å². The number of rotatable bonds is 4. The number of pyridine rings is 1. The molecule has 0 saturated carbocycles. The Kier molecular flexibility index (Phi) is 5.09. The molecule has 5 rings (SSSR count). The molecule has 2 aromatic heterocycles. The number of amides is 1. The fraction of sp³-hybridized carbons (Fsp3) is 0.0909. The number of carbonyl (C=O) groups excluding carboxylic acids is 1. The van der Waals surface area contributed by atoms with Crippen LogP contribution >= 0.6 is 11.6 Å². The molecule has 1 aliphatic heterocycles. The molecule has 0 spiro atoms. The molecule has 3 heterocycles. The minimum Gasteiger partial charge on any atom is -0.359 e. The zero-order valence-corrected chi connectivity index (χ0v) is 18.2. The van der Waals surface area contributed by atoms with Crippen molar-refractivity contribution in [1.29, 1.82) is 0 Å². The molecule has 8 nitrogen and oxygen atoms in total. The summed E-state index contributed by atoms with van der Waals surface area (Å²) in [5, 5.41) is 4.39. The Labute approximate surface area is 189 Å². The Morgan fingerprint density at radius 2 is 1.91 bits per heavy atom. The second-order valence-electron chi connectivity index (χ2n) is 7.27. The molecule has 0 bridgehead atoms. The third-order valence-electron chi connectivity index (χ3n) is 5.26. The van der Waals surface area contributed by atoms with E-state index in [9.17, 15) is 13.2 Å². The van der Waals surface area contributed by atoms with Gasteiger partial charge in [-0.05, 0) is 54.6 Å². The first kappa shape index (κ1) is 20.5. The van der Waals surface area contributed by atoms with Gasteiger partial charge in [0.05, 0.1) is 21.9 Å². The average molecular weight is 468 g/mol. The number of nitrogens with zero attached hydrogens (tertiary/aromatic N) is 2. The van der Waals surface area contributed by atoms with E-state index in [1.54, 1.807) is 48.7 Å². The largest absolute Gasteiger partial charge is 0.359 e. The van der Waals surface area contributed by atoms with Crippen LogP contribution in [0.25, 0.3) is 22.2 Å². The Bertz CT molecular complexity index is 1430. The maximum absolute atomic E-state index is 12.8. The molecular weight excluding hydrogens is 450 g/mol. The highest BCUT2D eigenvalue weighted by Crippen LogP contribution is 2.33. The van der Waals surface area contributed by atoms with Crippen LogP contribution in [0.1, 0.15) is 10.4 Å².